The van der Waals surface area contributed by atoms with Crippen molar-refractivity contribution in [2.75, 3.05) is 5.73 Å². The van der Waals surface area contributed by atoms with Gasteiger partial charge in [0.05, 0.1) is 5.69 Å². The SMILES string of the molecule is Cc1nn(C)c2c(F)ccc(N)c12. The molecule has 0 aliphatic carbocycles. The van der Waals surface area contributed by atoms with E-state index in [2.05, 4.69) is 5.10 Å². The number of benzene rings is 1. The van der Waals surface area contributed by atoms with Gasteiger partial charge in [-0.15, -0.1) is 0 Å². The molecule has 3 nitrogen and oxygen atoms in total. The number of hydrogen-bond donors (Lipinski definition) is 1. The Labute approximate surface area is 75.0 Å². The molecular formula is C9H10FN3. The molecule has 4 heteroatoms. The third-order valence-corrected chi connectivity index (χ3v) is 2.15. The van der Waals surface area contributed by atoms with E-state index in [1.807, 2.05) is 6.92 Å². The maximum absolute atomic E-state index is 13.3. The van der Waals surface area contributed by atoms with Gasteiger partial charge in [-0.25, -0.2) is 4.39 Å². The van der Waals surface area contributed by atoms with E-state index in [0.29, 0.717) is 16.6 Å². The largest absolute Gasteiger partial charge is 0.398 e. The number of aromatic nitrogens is 2. The van der Waals surface area contributed by atoms with Crippen LogP contribution in [0.2, 0.25) is 0 Å². The van der Waals surface area contributed by atoms with Crippen LogP contribution in [-0.2, 0) is 7.05 Å². The van der Waals surface area contributed by atoms with Crippen molar-refractivity contribution in [2.24, 2.45) is 7.05 Å². The van der Waals surface area contributed by atoms with Crippen LogP contribution in [0.4, 0.5) is 10.1 Å². The van der Waals surface area contributed by atoms with Crippen molar-refractivity contribution in [1.82, 2.24) is 9.78 Å². The summed E-state index contributed by atoms with van der Waals surface area (Å²) in [7, 11) is 1.71. The van der Waals surface area contributed by atoms with Crippen LogP contribution < -0.4 is 5.73 Å². The minimum absolute atomic E-state index is 0.285. The number of nitrogens with two attached hydrogens (primary N) is 1. The highest BCUT2D eigenvalue weighted by molar-refractivity contribution is 5.93. The Hall–Kier alpha value is -1.58. The van der Waals surface area contributed by atoms with Gasteiger partial charge < -0.3 is 5.73 Å². The highest BCUT2D eigenvalue weighted by Crippen LogP contribution is 2.25. The van der Waals surface area contributed by atoms with E-state index < -0.39 is 0 Å². The lowest BCUT2D eigenvalue weighted by molar-refractivity contribution is 0.625. The van der Waals surface area contributed by atoms with Crippen molar-refractivity contribution in [1.29, 1.82) is 0 Å². The molecule has 2 aromatic rings. The fourth-order valence-corrected chi connectivity index (χ4v) is 1.60. The lowest BCUT2D eigenvalue weighted by Gasteiger charge is -1.98. The topological polar surface area (TPSA) is 43.8 Å². The fourth-order valence-electron chi connectivity index (χ4n) is 1.60. The van der Waals surface area contributed by atoms with Gasteiger partial charge in [0.1, 0.15) is 11.3 Å². The molecule has 68 valence electrons. The average molecular weight is 179 g/mol. The summed E-state index contributed by atoms with van der Waals surface area (Å²) in [6.07, 6.45) is 0. The minimum Gasteiger partial charge on any atom is -0.398 e. The van der Waals surface area contributed by atoms with Gasteiger partial charge in [0, 0.05) is 18.1 Å². The molecule has 0 bridgehead atoms. The number of rotatable bonds is 0. The molecule has 1 aromatic carbocycles. The quantitative estimate of drug-likeness (QED) is 0.624. The number of halogens is 1. The molecule has 0 atom stereocenters. The molecule has 2 N–H and O–H groups in total. The summed E-state index contributed by atoms with van der Waals surface area (Å²) in [5.74, 6) is -0.285. The van der Waals surface area contributed by atoms with E-state index in [1.165, 1.54) is 10.7 Å². The molecule has 0 saturated carbocycles. The Morgan fingerprint density at radius 1 is 1.46 bits per heavy atom. The summed E-state index contributed by atoms with van der Waals surface area (Å²) in [5, 5.41) is 4.82. The van der Waals surface area contributed by atoms with Crippen LogP contribution in [-0.4, -0.2) is 9.78 Å². The van der Waals surface area contributed by atoms with Crippen molar-refractivity contribution in [3.05, 3.63) is 23.6 Å². The molecule has 1 aromatic heterocycles. The van der Waals surface area contributed by atoms with Gasteiger partial charge in [0.25, 0.3) is 0 Å². The summed E-state index contributed by atoms with van der Waals surface area (Å²) < 4.78 is 14.8. The second-order valence-corrected chi connectivity index (χ2v) is 3.07. The molecule has 2 rings (SSSR count). The summed E-state index contributed by atoms with van der Waals surface area (Å²) in [4.78, 5) is 0. The second kappa shape index (κ2) is 2.45. The van der Waals surface area contributed by atoms with Crippen molar-refractivity contribution in [3.8, 4) is 0 Å². The van der Waals surface area contributed by atoms with Crippen LogP contribution in [0.15, 0.2) is 12.1 Å². The van der Waals surface area contributed by atoms with Gasteiger partial charge in [-0.2, -0.15) is 5.10 Å². The molecule has 0 spiro atoms. The van der Waals surface area contributed by atoms with E-state index in [4.69, 9.17) is 5.73 Å². The summed E-state index contributed by atoms with van der Waals surface area (Å²) in [5.41, 5.74) is 7.52. The number of anilines is 1. The molecule has 0 aliphatic rings. The third-order valence-electron chi connectivity index (χ3n) is 2.15. The zero-order valence-corrected chi connectivity index (χ0v) is 7.50. The molecule has 0 radical (unpaired) electrons. The molecule has 0 unspecified atom stereocenters. The smallest absolute Gasteiger partial charge is 0.149 e. The molecule has 0 saturated heterocycles. The van der Waals surface area contributed by atoms with Crippen LogP contribution in [0.1, 0.15) is 5.69 Å². The van der Waals surface area contributed by atoms with Gasteiger partial charge in [-0.1, -0.05) is 0 Å². The Balaban J connectivity index is 3.03. The molecule has 0 fully saturated rings. The maximum atomic E-state index is 13.3. The standard InChI is InChI=1S/C9H10FN3/c1-5-8-7(11)4-3-6(10)9(8)13(2)12-5/h3-4H,11H2,1-2H3. The van der Waals surface area contributed by atoms with E-state index in [0.717, 1.165) is 5.69 Å². The zero-order chi connectivity index (χ0) is 9.59. The molecule has 0 amide bonds. The van der Waals surface area contributed by atoms with Crippen molar-refractivity contribution < 1.29 is 4.39 Å². The van der Waals surface area contributed by atoms with E-state index in [9.17, 15) is 4.39 Å². The van der Waals surface area contributed by atoms with Crippen LogP contribution in [0.5, 0.6) is 0 Å². The highest BCUT2D eigenvalue weighted by Gasteiger charge is 2.11. The number of nitrogens with zero attached hydrogens (tertiary/aromatic N) is 2. The van der Waals surface area contributed by atoms with Gasteiger partial charge in [0.15, 0.2) is 0 Å². The second-order valence-electron chi connectivity index (χ2n) is 3.07. The Kier molecular flexibility index (Phi) is 1.52. The first-order valence-electron chi connectivity index (χ1n) is 3.98. The van der Waals surface area contributed by atoms with Crippen LogP contribution in [0.3, 0.4) is 0 Å². The monoisotopic (exact) mass is 179 g/mol. The molecule has 0 aliphatic heterocycles. The van der Waals surface area contributed by atoms with Crippen molar-refractivity contribution >= 4 is 16.6 Å². The van der Waals surface area contributed by atoms with Crippen LogP contribution in [0, 0.1) is 12.7 Å². The average Bonchev–Trinajstić information content (AvgIpc) is 2.36. The van der Waals surface area contributed by atoms with Gasteiger partial charge in [0.2, 0.25) is 0 Å². The minimum atomic E-state index is -0.285. The first kappa shape index (κ1) is 8.04. The van der Waals surface area contributed by atoms with Gasteiger partial charge >= 0.3 is 0 Å². The molecular weight excluding hydrogens is 169 g/mol. The van der Waals surface area contributed by atoms with E-state index in [1.54, 1.807) is 13.1 Å². The van der Waals surface area contributed by atoms with Crippen molar-refractivity contribution in [2.45, 2.75) is 6.92 Å². The number of nitrogen functional groups attached to an aromatic ring is 1. The lowest BCUT2D eigenvalue weighted by atomic mass is 10.2. The van der Waals surface area contributed by atoms with Gasteiger partial charge in [-0.05, 0) is 19.1 Å². The molecule has 13 heavy (non-hydrogen) atoms. The first-order valence-corrected chi connectivity index (χ1v) is 3.98. The van der Waals surface area contributed by atoms with Gasteiger partial charge in [-0.3, -0.25) is 4.68 Å². The van der Waals surface area contributed by atoms with Crippen LogP contribution >= 0.6 is 0 Å². The summed E-state index contributed by atoms with van der Waals surface area (Å²) in [6.45, 7) is 1.82. The predicted octanol–water partition coefficient (Wildman–Crippen LogP) is 1.60. The Bertz CT molecular complexity index is 431. The normalized spacial score (nSPS) is 11.0. The molecule has 1 heterocycles. The van der Waals surface area contributed by atoms with Crippen LogP contribution in [0.25, 0.3) is 10.9 Å². The lowest BCUT2D eigenvalue weighted by Crippen LogP contribution is -1.93. The number of aryl methyl sites for hydroxylation is 2. The number of hydrogen-bond acceptors (Lipinski definition) is 2. The van der Waals surface area contributed by atoms with E-state index >= 15 is 0 Å². The Morgan fingerprint density at radius 3 is 2.77 bits per heavy atom. The fraction of sp³-hybridized carbons (Fsp3) is 0.222. The third kappa shape index (κ3) is 0.983. The highest BCUT2D eigenvalue weighted by atomic mass is 19.1. The summed E-state index contributed by atoms with van der Waals surface area (Å²) >= 11 is 0. The zero-order valence-electron chi connectivity index (χ0n) is 7.50. The predicted molar refractivity (Wildman–Crippen MR) is 49.8 cm³/mol. The van der Waals surface area contributed by atoms with E-state index in [-0.39, 0.29) is 5.82 Å². The summed E-state index contributed by atoms with van der Waals surface area (Å²) in [6, 6.07) is 2.92. The van der Waals surface area contributed by atoms with Crippen molar-refractivity contribution in [3.63, 3.8) is 0 Å². The maximum Gasteiger partial charge on any atom is 0.149 e. The number of fused-ring (bicyclic) bond motifs is 1. The Morgan fingerprint density at radius 2 is 2.15 bits per heavy atom. The first-order chi connectivity index (χ1) is 6.11.